The molecule has 1 fully saturated rings. The van der Waals surface area contributed by atoms with Crippen LogP contribution in [-0.2, 0) is 4.79 Å². The molecule has 0 atom stereocenters. The molecule has 1 aliphatic heterocycles. The van der Waals surface area contributed by atoms with Gasteiger partial charge in [-0.1, -0.05) is 17.7 Å². The molecule has 0 spiro atoms. The number of rotatable bonds is 4. The van der Waals surface area contributed by atoms with Gasteiger partial charge in [-0.05, 0) is 31.2 Å². The molecule has 1 aliphatic rings. The number of aryl methyl sites for hydroxylation is 1. The highest BCUT2D eigenvalue weighted by Gasteiger charge is 2.30. The normalized spacial score (nSPS) is 14.1. The number of amides is 3. The summed E-state index contributed by atoms with van der Waals surface area (Å²) in [5.74, 6) is -1.97. The smallest absolute Gasteiger partial charge is 0.322 e. The van der Waals surface area contributed by atoms with Crippen LogP contribution >= 0.6 is 0 Å². The van der Waals surface area contributed by atoms with Gasteiger partial charge in [-0.25, -0.2) is 13.6 Å². The van der Waals surface area contributed by atoms with E-state index < -0.39 is 17.5 Å². The van der Waals surface area contributed by atoms with E-state index in [1.54, 1.807) is 4.90 Å². The molecule has 0 aliphatic carbocycles. The zero-order valence-electron chi connectivity index (χ0n) is 13.6. The van der Waals surface area contributed by atoms with Crippen molar-refractivity contribution in [2.45, 2.75) is 6.92 Å². The van der Waals surface area contributed by atoms with E-state index in [9.17, 15) is 18.4 Å². The molecule has 7 heteroatoms. The van der Waals surface area contributed by atoms with Crippen LogP contribution in [0.25, 0.3) is 0 Å². The molecule has 1 N–H and O–H groups in total. The predicted molar refractivity (Wildman–Crippen MR) is 90.5 cm³/mol. The average Bonchev–Trinajstić information content (AvgIpc) is 2.92. The Morgan fingerprint density at radius 2 is 1.84 bits per heavy atom. The van der Waals surface area contributed by atoms with E-state index in [1.165, 1.54) is 4.90 Å². The van der Waals surface area contributed by atoms with Crippen LogP contribution in [0.15, 0.2) is 42.5 Å². The van der Waals surface area contributed by atoms with Crippen molar-refractivity contribution in [2.75, 3.05) is 29.9 Å². The maximum Gasteiger partial charge on any atom is 0.325 e. The molecular formula is C18H17F2N3O2. The third kappa shape index (κ3) is 3.76. The van der Waals surface area contributed by atoms with E-state index in [0.717, 1.165) is 29.4 Å². The van der Waals surface area contributed by atoms with Gasteiger partial charge in [-0.15, -0.1) is 0 Å². The number of halogens is 2. The van der Waals surface area contributed by atoms with Crippen molar-refractivity contribution in [3.05, 3.63) is 59.7 Å². The first-order chi connectivity index (χ1) is 11.9. The SMILES string of the molecule is Cc1ccc(N2CCN(CC(=O)Nc3cc(F)ccc3F)C2=O)cc1. The Bertz CT molecular complexity index is 808. The van der Waals surface area contributed by atoms with Crippen LogP contribution in [0.2, 0.25) is 0 Å². The fraction of sp³-hybridized carbons (Fsp3) is 0.222. The summed E-state index contributed by atoms with van der Waals surface area (Å²) in [5.41, 5.74) is 1.60. The quantitative estimate of drug-likeness (QED) is 0.925. The number of anilines is 2. The molecule has 1 heterocycles. The summed E-state index contributed by atoms with van der Waals surface area (Å²) in [6, 6.07) is 10.0. The molecular weight excluding hydrogens is 328 g/mol. The molecule has 3 rings (SSSR count). The van der Waals surface area contributed by atoms with Crippen LogP contribution in [0.3, 0.4) is 0 Å². The second kappa shape index (κ2) is 6.88. The summed E-state index contributed by atoms with van der Waals surface area (Å²) in [6.07, 6.45) is 0. The van der Waals surface area contributed by atoms with Crippen LogP contribution in [0.5, 0.6) is 0 Å². The molecule has 0 unspecified atom stereocenters. The van der Waals surface area contributed by atoms with Crippen LogP contribution in [-0.4, -0.2) is 36.5 Å². The lowest BCUT2D eigenvalue weighted by molar-refractivity contribution is -0.116. The lowest BCUT2D eigenvalue weighted by atomic mass is 10.2. The number of benzene rings is 2. The number of nitrogens with one attached hydrogen (secondary N) is 1. The van der Waals surface area contributed by atoms with Crippen molar-refractivity contribution in [3.8, 4) is 0 Å². The van der Waals surface area contributed by atoms with Crippen molar-refractivity contribution in [3.63, 3.8) is 0 Å². The van der Waals surface area contributed by atoms with Crippen LogP contribution in [0, 0.1) is 18.6 Å². The van der Waals surface area contributed by atoms with Crippen molar-refractivity contribution in [2.24, 2.45) is 0 Å². The van der Waals surface area contributed by atoms with E-state index >= 15 is 0 Å². The molecule has 0 radical (unpaired) electrons. The molecule has 3 amide bonds. The van der Waals surface area contributed by atoms with E-state index in [0.29, 0.717) is 13.1 Å². The van der Waals surface area contributed by atoms with E-state index in [2.05, 4.69) is 5.32 Å². The standard InChI is InChI=1S/C18H17F2N3O2/c1-12-2-5-14(6-3-12)23-9-8-22(18(23)25)11-17(24)21-16-10-13(19)4-7-15(16)20/h2-7,10H,8-9,11H2,1H3,(H,21,24). The number of carbonyl (C=O) groups excluding carboxylic acids is 2. The lowest BCUT2D eigenvalue weighted by Crippen LogP contribution is -2.37. The minimum absolute atomic E-state index is 0.225. The Morgan fingerprint density at radius 3 is 2.56 bits per heavy atom. The Kier molecular flexibility index (Phi) is 4.65. The average molecular weight is 345 g/mol. The molecule has 5 nitrogen and oxygen atoms in total. The first-order valence-corrected chi connectivity index (χ1v) is 7.82. The van der Waals surface area contributed by atoms with Crippen molar-refractivity contribution < 1.29 is 18.4 Å². The second-order valence-corrected chi connectivity index (χ2v) is 5.86. The van der Waals surface area contributed by atoms with E-state index in [4.69, 9.17) is 0 Å². The maximum atomic E-state index is 13.6. The van der Waals surface area contributed by atoms with Crippen LogP contribution < -0.4 is 10.2 Å². The number of nitrogens with zero attached hydrogens (tertiary/aromatic N) is 2. The Labute approximate surface area is 143 Å². The monoisotopic (exact) mass is 345 g/mol. The fourth-order valence-corrected chi connectivity index (χ4v) is 2.65. The molecule has 2 aromatic rings. The maximum absolute atomic E-state index is 13.6. The third-order valence-electron chi connectivity index (χ3n) is 3.98. The lowest BCUT2D eigenvalue weighted by Gasteiger charge is -2.18. The van der Waals surface area contributed by atoms with Crippen molar-refractivity contribution in [1.29, 1.82) is 0 Å². The number of hydrogen-bond acceptors (Lipinski definition) is 2. The zero-order chi connectivity index (χ0) is 18.0. The summed E-state index contributed by atoms with van der Waals surface area (Å²) >= 11 is 0. The minimum Gasteiger partial charge on any atom is -0.322 e. The van der Waals surface area contributed by atoms with Gasteiger partial charge < -0.3 is 10.2 Å². The summed E-state index contributed by atoms with van der Waals surface area (Å²) in [7, 11) is 0. The first kappa shape index (κ1) is 16.9. The fourth-order valence-electron chi connectivity index (χ4n) is 2.65. The van der Waals surface area contributed by atoms with Gasteiger partial charge in [0.25, 0.3) is 0 Å². The molecule has 0 aromatic heterocycles. The molecule has 0 bridgehead atoms. The van der Waals surface area contributed by atoms with Gasteiger partial charge in [-0.2, -0.15) is 0 Å². The Balaban J connectivity index is 1.63. The minimum atomic E-state index is -0.733. The van der Waals surface area contributed by atoms with Crippen molar-refractivity contribution in [1.82, 2.24) is 4.90 Å². The predicted octanol–water partition coefficient (Wildman–Crippen LogP) is 3.15. The van der Waals surface area contributed by atoms with Gasteiger partial charge in [0.15, 0.2) is 0 Å². The third-order valence-corrected chi connectivity index (χ3v) is 3.98. The van der Waals surface area contributed by atoms with Gasteiger partial charge in [0, 0.05) is 24.8 Å². The highest BCUT2D eigenvalue weighted by Crippen LogP contribution is 2.21. The van der Waals surface area contributed by atoms with Gasteiger partial charge >= 0.3 is 6.03 Å². The summed E-state index contributed by atoms with van der Waals surface area (Å²) in [6.45, 7) is 2.57. The van der Waals surface area contributed by atoms with Gasteiger partial charge in [0.05, 0.1) is 5.69 Å². The number of carbonyl (C=O) groups is 2. The number of hydrogen-bond donors (Lipinski definition) is 1. The topological polar surface area (TPSA) is 52.6 Å². The molecule has 0 saturated carbocycles. The summed E-state index contributed by atoms with van der Waals surface area (Å²) in [4.78, 5) is 27.4. The molecule has 2 aromatic carbocycles. The Hall–Kier alpha value is -2.96. The largest absolute Gasteiger partial charge is 0.325 e. The summed E-state index contributed by atoms with van der Waals surface area (Å²) < 4.78 is 26.7. The Morgan fingerprint density at radius 1 is 1.12 bits per heavy atom. The second-order valence-electron chi connectivity index (χ2n) is 5.86. The molecule has 1 saturated heterocycles. The first-order valence-electron chi connectivity index (χ1n) is 7.82. The summed E-state index contributed by atoms with van der Waals surface area (Å²) in [5, 5.41) is 2.29. The molecule has 25 heavy (non-hydrogen) atoms. The highest BCUT2D eigenvalue weighted by molar-refractivity contribution is 5.99. The van der Waals surface area contributed by atoms with Crippen molar-refractivity contribution >= 4 is 23.3 Å². The highest BCUT2D eigenvalue weighted by atomic mass is 19.1. The van der Waals surface area contributed by atoms with Gasteiger partial charge in [0.1, 0.15) is 18.2 Å². The van der Waals surface area contributed by atoms with Gasteiger partial charge in [0.2, 0.25) is 5.91 Å². The van der Waals surface area contributed by atoms with Gasteiger partial charge in [-0.3, -0.25) is 9.69 Å². The van der Waals surface area contributed by atoms with Crippen LogP contribution in [0.1, 0.15) is 5.56 Å². The van der Waals surface area contributed by atoms with Crippen LogP contribution in [0.4, 0.5) is 25.0 Å². The van der Waals surface area contributed by atoms with E-state index in [-0.39, 0.29) is 18.3 Å². The van der Waals surface area contributed by atoms with E-state index in [1.807, 2.05) is 31.2 Å². The number of urea groups is 1. The molecule has 130 valence electrons. The zero-order valence-corrected chi connectivity index (χ0v) is 13.6.